The lowest BCUT2D eigenvalue weighted by Gasteiger charge is -2.46. The van der Waals surface area contributed by atoms with Gasteiger partial charge in [0.15, 0.2) is 0 Å². The van der Waals surface area contributed by atoms with Crippen LogP contribution in [0.4, 0.5) is 34.1 Å². The molecular weight excluding hydrogens is 1560 g/mol. The van der Waals surface area contributed by atoms with Crippen LogP contribution in [0.3, 0.4) is 0 Å². The molecule has 16 aromatic rings. The van der Waals surface area contributed by atoms with Crippen molar-refractivity contribution in [3.63, 3.8) is 0 Å². The molecule has 0 unspecified atom stereocenters. The van der Waals surface area contributed by atoms with Gasteiger partial charge in [-0.3, -0.25) is 0 Å². The van der Waals surface area contributed by atoms with Crippen LogP contribution in [0.5, 0.6) is 0 Å². The highest BCUT2D eigenvalue weighted by Crippen LogP contribution is 2.58. The second kappa shape index (κ2) is 30.5. The monoisotopic (exact) mass is 1700 g/mol. The smallest absolute Gasteiger partial charge is 0.252 e. The summed E-state index contributed by atoms with van der Waals surface area (Å²) in [6, 6.07) is 83.5. The minimum atomic E-state index is -0.595. The third-order valence-electron chi connectivity index (χ3n) is 27.7. The quantitative estimate of drug-likeness (QED) is 0.134. The Morgan fingerprint density at radius 3 is 0.977 bits per heavy atom. The van der Waals surface area contributed by atoms with Crippen molar-refractivity contribution in [2.24, 2.45) is 0 Å². The van der Waals surface area contributed by atoms with Crippen LogP contribution >= 0.6 is 0 Å². The van der Waals surface area contributed by atoms with E-state index in [1.54, 1.807) is 4.57 Å². The first-order valence-electron chi connectivity index (χ1n) is 50.7. The summed E-state index contributed by atoms with van der Waals surface area (Å²) in [4.78, 5) is 5.26. The lowest BCUT2D eigenvalue weighted by atomic mass is 9.33. The van der Waals surface area contributed by atoms with E-state index in [1.807, 2.05) is 6.07 Å². The van der Waals surface area contributed by atoms with Crippen LogP contribution in [0.1, 0.15) is 274 Å². The zero-order chi connectivity index (χ0) is 99.2. The summed E-state index contributed by atoms with van der Waals surface area (Å²) in [5.41, 5.74) is 31.9. The lowest BCUT2D eigenvalue weighted by molar-refractivity contribution is 0.568. The number of anilines is 6. The molecule has 5 heteroatoms. The Balaban J connectivity index is 1.13. The summed E-state index contributed by atoms with van der Waals surface area (Å²) < 4.78 is 82.4. The van der Waals surface area contributed by atoms with Crippen LogP contribution in [-0.4, -0.2) is 15.8 Å². The first-order chi connectivity index (χ1) is 63.6. The van der Waals surface area contributed by atoms with E-state index in [0.29, 0.717) is 5.69 Å². The predicted molar refractivity (Wildman–Crippen MR) is 563 cm³/mol. The molecule has 0 amide bonds. The maximum absolute atomic E-state index is 10.2. The number of nitrogens with zero attached hydrogens (tertiary/aromatic N) is 4. The summed E-state index contributed by atoms with van der Waals surface area (Å²) >= 11 is 0. The Bertz CT molecular complexity index is 7450. The van der Waals surface area contributed by atoms with Crippen molar-refractivity contribution in [2.45, 2.75) is 262 Å². The Kier molecular flexibility index (Phi) is 18.5. The molecule has 0 N–H and O–H groups in total. The molecule has 0 saturated carbocycles. The maximum atomic E-state index is 10.2. The highest BCUT2D eigenvalue weighted by molar-refractivity contribution is 7.00. The number of hydrogen-bond donors (Lipinski definition) is 0. The van der Waals surface area contributed by atoms with E-state index >= 15 is 0 Å². The highest BCUT2D eigenvalue weighted by atomic mass is 15.2. The first-order valence-corrected chi connectivity index (χ1v) is 46.7. The Hall–Kier alpha value is -11.7. The summed E-state index contributed by atoms with van der Waals surface area (Å²) in [5, 5.41) is 2.28. The van der Waals surface area contributed by atoms with Crippen LogP contribution in [-0.2, 0) is 54.1 Å². The minimum Gasteiger partial charge on any atom is -0.310 e. The molecule has 0 radical (unpaired) electrons. The molecule has 18 rings (SSSR count). The molecule has 2 aliphatic rings. The van der Waals surface area contributed by atoms with Gasteiger partial charge in [-0.1, -0.05) is 414 Å². The molecule has 0 saturated heterocycles. The Morgan fingerprint density at radius 1 is 0.233 bits per heavy atom. The molecule has 0 fully saturated rings. The van der Waals surface area contributed by atoms with Gasteiger partial charge in [0.25, 0.3) is 6.71 Å². The van der Waals surface area contributed by atoms with Gasteiger partial charge in [0, 0.05) is 72.2 Å². The topological polar surface area (TPSA) is 16.3 Å². The van der Waals surface area contributed by atoms with Crippen LogP contribution in [0.15, 0.2) is 273 Å². The van der Waals surface area contributed by atoms with Crippen LogP contribution < -0.4 is 26.2 Å². The molecule has 14 aromatic carbocycles. The first kappa shape index (κ1) is 78.4. The Labute approximate surface area is 783 Å². The van der Waals surface area contributed by atoms with E-state index in [2.05, 4.69) is 440 Å². The van der Waals surface area contributed by atoms with Crippen molar-refractivity contribution in [2.75, 3.05) is 9.80 Å². The maximum Gasteiger partial charge on any atom is 0.252 e. The second-order valence-electron chi connectivity index (χ2n) is 47.5. The summed E-state index contributed by atoms with van der Waals surface area (Å²) in [5.74, 6) is 0. The zero-order valence-corrected chi connectivity index (χ0v) is 82.2. The van der Waals surface area contributed by atoms with E-state index in [9.17, 15) is 11.0 Å². The van der Waals surface area contributed by atoms with Gasteiger partial charge in [-0.15, -0.1) is 0 Å². The summed E-state index contributed by atoms with van der Waals surface area (Å²) in [6.45, 7) is 68.9. The summed E-state index contributed by atoms with van der Waals surface area (Å²) in [6.07, 6.45) is 0. The molecular formula is C124H135BN4. The fourth-order valence-electron chi connectivity index (χ4n) is 20.0. The predicted octanol–water partition coefficient (Wildman–Crippen LogP) is 33.3. The standard InChI is InChI=1S/C124H135BN4/c1-115(2,3)81-53-48-76(49-54-81)91-40-35-42-93(80-66-87(121(19,20)21)70-88(67-80)122(22,23)24)113(91)129-108-73-89(126-103-46-33-31-38-94(103)95-39-32-34-47-104(95)126)59-61-102(108)125-101-60-52-78(79-64-85(119(13,14)15)69-86(65-79)120(16,17)18)68-107(101)128(109-74-90(75-110(129)112(109)125)127-105-62-57-83(117(7,8)9)71-97(105)98-72-84(118(10,11)12)58-63-106(98)127)114-92(77-50-55-82(56-51-77)116(4,5)6)41-36-43-96(114)111-99(123(25,26)27)44-37-45-100(111)124(28,29)30/h31-75H,1-30H3/i31D,32D,33D,34D,38D,39D,46D,47D. The van der Waals surface area contributed by atoms with Gasteiger partial charge in [-0.2, -0.15) is 0 Å². The molecule has 2 aliphatic heterocycles. The van der Waals surface area contributed by atoms with Crippen molar-refractivity contribution >= 4 is 101 Å². The number of para-hydroxylation sites is 4. The second-order valence-corrected chi connectivity index (χ2v) is 47.5. The fraction of sp³-hybridized carbons (Fsp3) is 0.323. The average molecular weight is 1700 g/mol. The molecule has 4 nitrogen and oxygen atoms in total. The van der Waals surface area contributed by atoms with Crippen molar-refractivity contribution in [1.29, 1.82) is 0 Å². The van der Waals surface area contributed by atoms with Crippen LogP contribution in [0, 0.1) is 0 Å². The summed E-state index contributed by atoms with van der Waals surface area (Å²) in [7, 11) is 0. The molecule has 2 aromatic heterocycles. The third-order valence-corrected chi connectivity index (χ3v) is 27.7. The van der Waals surface area contributed by atoms with E-state index < -0.39 is 43.0 Å². The van der Waals surface area contributed by atoms with Crippen LogP contribution in [0.25, 0.3) is 111 Å². The van der Waals surface area contributed by atoms with Gasteiger partial charge in [-0.25, -0.2) is 0 Å². The normalized spacial score (nSPS) is 14.6. The van der Waals surface area contributed by atoms with Crippen molar-refractivity contribution in [3.8, 4) is 67.0 Å². The SMILES string of the molecule is [2H]c1c([2H])c([2H])c2c(c1[2H])c1c([2H])c([2H])c([2H])c([2H])c1n2-c1ccc2c(c1)N(c1c(-c3ccc(C(C)(C)C)cc3)cccc1-c1cc(C(C)(C)C)cc(C(C)(C)C)c1)c1cc(-n3c4ccc(C(C)(C)C)cc4c4cc(C(C)(C)C)ccc43)cc3c1B2c1ccc(-c2cc(C(C)(C)C)cc(C(C)(C)C)c2)cc1N3c1c(-c2ccc(C(C)(C)C)cc2)cccc1-c1c(C(C)(C)C)cccc1C(C)(C)C. The number of benzene rings is 14. The van der Waals surface area contributed by atoms with Gasteiger partial charge in [0.1, 0.15) is 0 Å². The molecule has 654 valence electrons. The van der Waals surface area contributed by atoms with Gasteiger partial charge >= 0.3 is 0 Å². The van der Waals surface area contributed by atoms with E-state index in [-0.39, 0.29) is 88.0 Å². The van der Waals surface area contributed by atoms with Gasteiger partial charge in [-0.05, 0) is 226 Å². The number of fused-ring (bicyclic) bond motifs is 10. The van der Waals surface area contributed by atoms with E-state index in [1.165, 1.54) is 61.2 Å². The molecule has 4 heterocycles. The molecule has 0 spiro atoms. The zero-order valence-electron chi connectivity index (χ0n) is 90.2. The minimum absolute atomic E-state index is 0.00615. The Morgan fingerprint density at radius 2 is 0.566 bits per heavy atom. The fourth-order valence-corrected chi connectivity index (χ4v) is 20.0. The number of rotatable bonds is 9. The van der Waals surface area contributed by atoms with Crippen LogP contribution in [0.2, 0.25) is 0 Å². The number of aromatic nitrogens is 2. The van der Waals surface area contributed by atoms with Crippen molar-refractivity contribution in [1.82, 2.24) is 9.13 Å². The molecule has 0 bridgehead atoms. The lowest BCUT2D eigenvalue weighted by Crippen LogP contribution is -2.61. The number of hydrogen-bond acceptors (Lipinski definition) is 2. The molecule has 0 aliphatic carbocycles. The average Bonchev–Trinajstić information content (AvgIpc) is 1.65. The highest BCUT2D eigenvalue weighted by Gasteiger charge is 2.47. The van der Waals surface area contributed by atoms with Gasteiger partial charge < -0.3 is 18.9 Å². The largest absolute Gasteiger partial charge is 0.310 e. The van der Waals surface area contributed by atoms with Crippen molar-refractivity contribution in [3.05, 3.63) is 328 Å². The van der Waals surface area contributed by atoms with Crippen molar-refractivity contribution < 1.29 is 11.0 Å². The third kappa shape index (κ3) is 15.6. The molecule has 0 atom stereocenters. The molecule has 129 heavy (non-hydrogen) atoms. The van der Waals surface area contributed by atoms with Gasteiger partial charge in [0.2, 0.25) is 0 Å². The van der Waals surface area contributed by atoms with E-state index in [0.717, 1.165) is 128 Å². The van der Waals surface area contributed by atoms with Gasteiger partial charge in [0.05, 0.1) is 50.1 Å². The van der Waals surface area contributed by atoms with E-state index in [4.69, 9.17) is 0 Å².